The number of hydrogen-bond acceptors (Lipinski definition) is 5. The molecule has 1 aromatic carbocycles. The molecule has 2 rings (SSSR count). The average molecular weight is 277 g/mol. The summed E-state index contributed by atoms with van der Waals surface area (Å²) in [5, 5.41) is 12.7. The molecule has 0 aliphatic rings. The maximum absolute atomic E-state index is 12.0. The Bertz CT molecular complexity index is 730. The third-order valence-electron chi connectivity index (χ3n) is 2.44. The predicted molar refractivity (Wildman–Crippen MR) is 68.4 cm³/mol. The van der Waals surface area contributed by atoms with Gasteiger partial charge in [-0.2, -0.15) is 15.3 Å². The fourth-order valence-electron chi connectivity index (χ4n) is 1.52. The van der Waals surface area contributed by atoms with Crippen molar-refractivity contribution in [1.29, 1.82) is 5.26 Å². The van der Waals surface area contributed by atoms with E-state index < -0.39 is 10.0 Å². The lowest BCUT2D eigenvalue weighted by Crippen LogP contribution is -2.18. The van der Waals surface area contributed by atoms with Crippen molar-refractivity contribution >= 4 is 16.0 Å². The van der Waals surface area contributed by atoms with Gasteiger partial charge in [-0.15, -0.1) is 0 Å². The van der Waals surface area contributed by atoms with Crippen LogP contribution in [0.1, 0.15) is 11.1 Å². The van der Waals surface area contributed by atoms with E-state index in [1.807, 2.05) is 6.07 Å². The molecule has 1 N–H and O–H groups in total. The first-order valence-electron chi connectivity index (χ1n) is 5.34. The Kier molecular flexibility index (Phi) is 3.48. The third kappa shape index (κ3) is 3.08. The van der Waals surface area contributed by atoms with Crippen molar-refractivity contribution in [3.05, 3.63) is 41.7 Å². The van der Waals surface area contributed by atoms with E-state index in [0.29, 0.717) is 11.1 Å². The van der Waals surface area contributed by atoms with Crippen molar-refractivity contribution in [3.63, 3.8) is 0 Å². The van der Waals surface area contributed by atoms with Crippen LogP contribution in [-0.2, 0) is 22.8 Å². The van der Waals surface area contributed by atoms with E-state index in [4.69, 9.17) is 5.26 Å². The quantitative estimate of drug-likeness (QED) is 0.883. The third-order valence-corrected chi connectivity index (χ3v) is 3.63. The van der Waals surface area contributed by atoms with Gasteiger partial charge in [0.1, 0.15) is 6.33 Å². The second-order valence-corrected chi connectivity index (χ2v) is 5.56. The van der Waals surface area contributed by atoms with Crippen molar-refractivity contribution in [3.8, 4) is 6.07 Å². The van der Waals surface area contributed by atoms with Crippen LogP contribution in [0.3, 0.4) is 0 Å². The van der Waals surface area contributed by atoms with Crippen LogP contribution < -0.4 is 4.72 Å². The van der Waals surface area contributed by atoms with Crippen LogP contribution in [-0.4, -0.2) is 23.2 Å². The van der Waals surface area contributed by atoms with Gasteiger partial charge in [-0.25, -0.2) is 13.1 Å². The molecule has 0 fully saturated rings. The number of aryl methyl sites for hydroxylation is 1. The molecule has 0 unspecified atom stereocenters. The maximum atomic E-state index is 12.0. The summed E-state index contributed by atoms with van der Waals surface area (Å²) < 4.78 is 27.6. The summed E-state index contributed by atoms with van der Waals surface area (Å²) in [6.07, 6.45) is 1.25. The van der Waals surface area contributed by atoms with Gasteiger partial charge in [0.05, 0.1) is 17.4 Å². The molecule has 0 saturated heterocycles. The number of sulfonamides is 1. The van der Waals surface area contributed by atoms with E-state index in [-0.39, 0.29) is 11.7 Å². The first kappa shape index (κ1) is 13.0. The summed E-state index contributed by atoms with van der Waals surface area (Å²) in [5.41, 5.74) is 0.783. The molecular weight excluding hydrogens is 266 g/mol. The lowest BCUT2D eigenvalue weighted by atomic mass is 10.1. The molecule has 1 heterocycles. The molecule has 0 spiro atoms. The smallest absolute Gasteiger partial charge is 0.239 e. The predicted octanol–water partition coefficient (Wildman–Crippen LogP) is 0.629. The molecule has 0 atom stereocenters. The number of aromatic nitrogens is 3. The lowest BCUT2D eigenvalue weighted by Gasteiger charge is -2.07. The fraction of sp³-hybridized carbons (Fsp3) is 0.182. The van der Waals surface area contributed by atoms with Crippen LogP contribution in [0, 0.1) is 11.3 Å². The van der Waals surface area contributed by atoms with Gasteiger partial charge in [0.2, 0.25) is 16.0 Å². The number of rotatable bonds is 4. The highest BCUT2D eigenvalue weighted by atomic mass is 32.2. The molecular formula is C11H11N5O2S. The number of anilines is 1. The molecule has 2 aromatic rings. The van der Waals surface area contributed by atoms with Gasteiger partial charge in [0.15, 0.2) is 0 Å². The van der Waals surface area contributed by atoms with Gasteiger partial charge in [0, 0.05) is 7.05 Å². The zero-order valence-corrected chi connectivity index (χ0v) is 10.9. The van der Waals surface area contributed by atoms with Crippen molar-refractivity contribution < 1.29 is 8.42 Å². The summed E-state index contributed by atoms with van der Waals surface area (Å²) in [6.45, 7) is 0. The largest absolute Gasteiger partial charge is 0.251 e. The second kappa shape index (κ2) is 5.07. The monoisotopic (exact) mass is 277 g/mol. The first-order chi connectivity index (χ1) is 9.02. The molecule has 0 saturated carbocycles. The number of benzene rings is 1. The van der Waals surface area contributed by atoms with Crippen LogP contribution in [0.25, 0.3) is 0 Å². The molecule has 0 aliphatic heterocycles. The highest BCUT2D eigenvalue weighted by Crippen LogP contribution is 2.13. The van der Waals surface area contributed by atoms with Gasteiger partial charge < -0.3 is 0 Å². The Hall–Kier alpha value is -2.40. The number of nitrogens with zero attached hydrogens (tertiary/aromatic N) is 4. The minimum Gasteiger partial charge on any atom is -0.251 e. The summed E-state index contributed by atoms with van der Waals surface area (Å²) in [7, 11) is -2.06. The van der Waals surface area contributed by atoms with Gasteiger partial charge in [-0.1, -0.05) is 18.2 Å². The Labute approximate surface area is 110 Å². The topological polar surface area (TPSA) is 101 Å². The summed E-state index contributed by atoms with van der Waals surface area (Å²) in [4.78, 5) is 3.78. The van der Waals surface area contributed by atoms with Crippen LogP contribution in [0.5, 0.6) is 0 Å². The number of nitriles is 1. The Morgan fingerprint density at radius 2 is 2.16 bits per heavy atom. The van der Waals surface area contributed by atoms with Crippen LogP contribution in [0.2, 0.25) is 0 Å². The maximum Gasteiger partial charge on any atom is 0.239 e. The minimum absolute atomic E-state index is 0.134. The van der Waals surface area contributed by atoms with Crippen molar-refractivity contribution in [2.24, 2.45) is 7.05 Å². The van der Waals surface area contributed by atoms with E-state index >= 15 is 0 Å². The highest BCUT2D eigenvalue weighted by Gasteiger charge is 2.16. The molecule has 0 radical (unpaired) electrons. The van der Waals surface area contributed by atoms with Gasteiger partial charge in [0.25, 0.3) is 0 Å². The molecule has 0 bridgehead atoms. The van der Waals surface area contributed by atoms with Gasteiger partial charge >= 0.3 is 0 Å². The van der Waals surface area contributed by atoms with E-state index in [1.165, 1.54) is 11.0 Å². The second-order valence-electron chi connectivity index (χ2n) is 3.84. The standard InChI is InChI=1S/C11H11N5O2S/c1-16-11(13-8-14-16)15-19(17,18)7-10-5-3-2-4-9(10)6-12/h2-5,8H,7H2,1H3,(H,13,14,15). The van der Waals surface area contributed by atoms with E-state index in [9.17, 15) is 8.42 Å². The highest BCUT2D eigenvalue weighted by molar-refractivity contribution is 7.91. The SMILES string of the molecule is Cn1ncnc1NS(=O)(=O)Cc1ccccc1C#N. The van der Waals surface area contributed by atoms with Crippen LogP contribution in [0.15, 0.2) is 30.6 Å². The van der Waals surface area contributed by atoms with Crippen molar-refractivity contribution in [2.45, 2.75) is 5.75 Å². The summed E-state index contributed by atoms with van der Waals surface area (Å²) >= 11 is 0. The molecule has 7 nitrogen and oxygen atoms in total. The Balaban J connectivity index is 2.23. The van der Waals surface area contributed by atoms with E-state index in [1.54, 1.807) is 31.3 Å². The normalized spacial score (nSPS) is 10.9. The molecule has 0 amide bonds. The number of nitrogens with one attached hydrogen (secondary N) is 1. The molecule has 19 heavy (non-hydrogen) atoms. The molecule has 1 aromatic heterocycles. The fourth-order valence-corrected chi connectivity index (χ4v) is 2.72. The zero-order valence-electron chi connectivity index (χ0n) is 10.1. The Morgan fingerprint density at radius 1 is 1.42 bits per heavy atom. The average Bonchev–Trinajstić information content (AvgIpc) is 2.74. The molecule has 0 aliphatic carbocycles. The summed E-state index contributed by atoms with van der Waals surface area (Å²) in [5.74, 6) is -0.154. The zero-order chi connectivity index (χ0) is 13.9. The van der Waals surface area contributed by atoms with Crippen molar-refractivity contribution in [2.75, 3.05) is 4.72 Å². The summed E-state index contributed by atoms with van der Waals surface area (Å²) in [6, 6.07) is 8.52. The first-order valence-corrected chi connectivity index (χ1v) is 6.99. The molecule has 8 heteroatoms. The lowest BCUT2D eigenvalue weighted by molar-refractivity contribution is 0.599. The molecule has 98 valence electrons. The van der Waals surface area contributed by atoms with Crippen molar-refractivity contribution in [1.82, 2.24) is 14.8 Å². The van der Waals surface area contributed by atoms with E-state index in [0.717, 1.165) is 0 Å². The Morgan fingerprint density at radius 3 is 2.79 bits per heavy atom. The minimum atomic E-state index is -3.64. The van der Waals surface area contributed by atoms with Gasteiger partial charge in [-0.3, -0.25) is 4.72 Å². The van der Waals surface area contributed by atoms with Gasteiger partial charge in [-0.05, 0) is 11.6 Å². The van der Waals surface area contributed by atoms with Crippen LogP contribution >= 0.6 is 0 Å². The number of hydrogen-bond donors (Lipinski definition) is 1. The van der Waals surface area contributed by atoms with Crippen LogP contribution in [0.4, 0.5) is 5.95 Å². The van der Waals surface area contributed by atoms with E-state index in [2.05, 4.69) is 14.8 Å².